The summed E-state index contributed by atoms with van der Waals surface area (Å²) in [4.78, 5) is 38.9. The van der Waals surface area contributed by atoms with Gasteiger partial charge in [0.05, 0.1) is 29.6 Å². The Balaban J connectivity index is 1.46. The molecular weight excluding hydrogens is 578 g/mol. The summed E-state index contributed by atoms with van der Waals surface area (Å²) in [6.45, 7) is 2.97. The number of rotatable bonds is 8. The van der Waals surface area contributed by atoms with Crippen LogP contribution < -0.4 is 10.1 Å². The number of aryl methyl sites for hydroxylation is 1. The molecule has 2 saturated heterocycles. The number of carboxylic acid groups (broad SMARTS) is 1. The third-order valence-corrected chi connectivity index (χ3v) is 10.3. The molecule has 2 aliphatic heterocycles. The quantitative estimate of drug-likeness (QED) is 0.427. The van der Waals surface area contributed by atoms with E-state index in [9.17, 15) is 36.3 Å². The van der Waals surface area contributed by atoms with Gasteiger partial charge in [-0.2, -0.15) is 4.31 Å². The number of carbonyl (C=O) groups is 3. The molecule has 2 aromatic carbocycles. The van der Waals surface area contributed by atoms with E-state index in [0.29, 0.717) is 31.9 Å². The van der Waals surface area contributed by atoms with Gasteiger partial charge in [0.15, 0.2) is 9.84 Å². The molecule has 2 heterocycles. The summed E-state index contributed by atoms with van der Waals surface area (Å²) in [5, 5.41) is 12.1. The lowest BCUT2D eigenvalue weighted by atomic mass is 10.1. The highest BCUT2D eigenvalue weighted by atomic mass is 32.2. The molecule has 0 radical (unpaired) electrons. The number of nitrogens with zero attached hydrogens (tertiary/aromatic N) is 2. The zero-order chi connectivity index (χ0) is 29.8. The Morgan fingerprint density at radius 1 is 1.05 bits per heavy atom. The zero-order valence-corrected chi connectivity index (χ0v) is 23.9. The first kappa shape index (κ1) is 30.4. The predicted octanol–water partition coefficient (Wildman–Crippen LogP) is 0.426. The average molecular weight is 610 g/mol. The fraction of sp³-hybridized carbons (Fsp3) is 0.423. The second-order valence-corrected chi connectivity index (χ2v) is 13.9. The number of morpholine rings is 1. The Morgan fingerprint density at radius 3 is 2.29 bits per heavy atom. The average Bonchev–Trinajstić information content (AvgIpc) is 2.93. The summed E-state index contributed by atoms with van der Waals surface area (Å²) in [6.07, 6.45) is -0.729. The Hall–Kier alpha value is -3.53. The highest BCUT2D eigenvalue weighted by Crippen LogP contribution is 2.24. The van der Waals surface area contributed by atoms with E-state index in [4.69, 9.17) is 9.47 Å². The van der Waals surface area contributed by atoms with Gasteiger partial charge in [-0.05, 0) is 36.8 Å². The molecular formula is C26H31N3O10S2. The van der Waals surface area contributed by atoms with E-state index in [1.807, 2.05) is 0 Å². The number of benzene rings is 2. The maximum Gasteiger partial charge on any atom is 0.415 e. The number of sulfone groups is 1. The van der Waals surface area contributed by atoms with Crippen molar-refractivity contribution in [2.75, 3.05) is 44.4 Å². The van der Waals surface area contributed by atoms with E-state index >= 15 is 0 Å². The number of nitrogens with one attached hydrogen (secondary N) is 1. The van der Waals surface area contributed by atoms with Gasteiger partial charge in [0.25, 0.3) is 0 Å². The van der Waals surface area contributed by atoms with Crippen LogP contribution in [-0.4, -0.2) is 106 Å². The summed E-state index contributed by atoms with van der Waals surface area (Å²) in [5.74, 6) is -3.43. The molecule has 0 saturated carbocycles. The smallest absolute Gasteiger partial charge is 0.415 e. The maximum atomic E-state index is 13.3. The van der Waals surface area contributed by atoms with Crippen LogP contribution in [0.15, 0.2) is 53.4 Å². The van der Waals surface area contributed by atoms with Crippen LogP contribution in [-0.2, 0) is 40.6 Å². The van der Waals surface area contributed by atoms with E-state index in [-0.39, 0.29) is 17.1 Å². The molecule has 0 aliphatic carbocycles. The van der Waals surface area contributed by atoms with Crippen LogP contribution >= 0.6 is 0 Å². The molecule has 2 amide bonds. The van der Waals surface area contributed by atoms with Gasteiger partial charge in [0, 0.05) is 26.1 Å². The molecule has 0 spiro atoms. The summed E-state index contributed by atoms with van der Waals surface area (Å²) >= 11 is 0. The van der Waals surface area contributed by atoms with Gasteiger partial charge < -0.3 is 24.8 Å². The van der Waals surface area contributed by atoms with Crippen molar-refractivity contribution in [2.45, 2.75) is 30.3 Å². The Labute approximate surface area is 238 Å². The summed E-state index contributed by atoms with van der Waals surface area (Å²) in [6, 6.07) is 8.79. The van der Waals surface area contributed by atoms with Gasteiger partial charge in [0.1, 0.15) is 17.8 Å². The fourth-order valence-corrected chi connectivity index (χ4v) is 7.69. The summed E-state index contributed by atoms with van der Waals surface area (Å²) < 4.78 is 62.8. The van der Waals surface area contributed by atoms with Gasteiger partial charge in [0.2, 0.25) is 15.9 Å². The van der Waals surface area contributed by atoms with Crippen molar-refractivity contribution >= 4 is 37.8 Å². The minimum absolute atomic E-state index is 0.107. The molecule has 2 aromatic rings. The number of sulfonamides is 1. The SMILES string of the molecule is Cc1ccc(S(=O)(=O)N2CCS(=O)(=O)C[C@H]2C(=O)N[C@@H](Cc2ccc(OC(=O)N3CCOCC3)cc2)C(=O)O)cc1. The predicted molar refractivity (Wildman–Crippen MR) is 146 cm³/mol. The molecule has 41 heavy (non-hydrogen) atoms. The second kappa shape index (κ2) is 12.5. The van der Waals surface area contributed by atoms with Crippen LogP contribution in [0.4, 0.5) is 4.79 Å². The van der Waals surface area contributed by atoms with E-state index in [2.05, 4.69) is 5.32 Å². The van der Waals surface area contributed by atoms with Crippen molar-refractivity contribution in [3.05, 3.63) is 59.7 Å². The number of hydrogen-bond acceptors (Lipinski definition) is 9. The normalized spacial score (nSPS) is 20.1. The number of carboxylic acids is 1. The van der Waals surface area contributed by atoms with E-state index in [0.717, 1.165) is 9.87 Å². The van der Waals surface area contributed by atoms with Gasteiger partial charge in [-0.3, -0.25) is 4.79 Å². The number of hydrogen-bond donors (Lipinski definition) is 2. The van der Waals surface area contributed by atoms with Gasteiger partial charge >= 0.3 is 12.1 Å². The Kier molecular flexibility index (Phi) is 9.31. The van der Waals surface area contributed by atoms with Crippen LogP contribution in [0.1, 0.15) is 11.1 Å². The summed E-state index contributed by atoms with van der Waals surface area (Å²) in [7, 11) is -8.02. The molecule has 2 fully saturated rings. The number of carbonyl (C=O) groups excluding carboxylic acids is 2. The highest BCUT2D eigenvalue weighted by molar-refractivity contribution is 7.92. The van der Waals surface area contributed by atoms with Crippen molar-refractivity contribution in [3.8, 4) is 5.75 Å². The largest absolute Gasteiger partial charge is 0.480 e. The van der Waals surface area contributed by atoms with Crippen molar-refractivity contribution in [3.63, 3.8) is 0 Å². The van der Waals surface area contributed by atoms with Crippen molar-refractivity contribution in [1.82, 2.24) is 14.5 Å². The van der Waals surface area contributed by atoms with E-state index in [1.165, 1.54) is 41.3 Å². The topological polar surface area (TPSA) is 177 Å². The Bertz CT molecular complexity index is 1490. The lowest BCUT2D eigenvalue weighted by Crippen LogP contribution is -2.59. The molecule has 2 N–H and O–H groups in total. The third-order valence-electron chi connectivity index (χ3n) is 6.76. The fourth-order valence-electron chi connectivity index (χ4n) is 4.44. The van der Waals surface area contributed by atoms with Crippen molar-refractivity contribution < 1.29 is 45.8 Å². The molecule has 4 rings (SSSR count). The molecule has 2 atom stereocenters. The molecule has 2 aliphatic rings. The molecule has 222 valence electrons. The molecule has 15 heteroatoms. The highest BCUT2D eigenvalue weighted by Gasteiger charge is 2.43. The van der Waals surface area contributed by atoms with E-state index < -0.39 is 68.0 Å². The standard InChI is InChI=1S/C26H31N3O10S2/c1-18-2-8-21(9-3-18)41(36,37)29-12-15-40(34,35)17-23(29)24(30)27-22(25(31)32)16-19-4-6-20(7-5-19)39-26(33)28-10-13-38-14-11-28/h2-9,22-23H,10-17H2,1H3,(H,27,30)(H,31,32)/t22-,23-/m0/s1. The molecule has 0 bridgehead atoms. The lowest BCUT2D eigenvalue weighted by Gasteiger charge is -2.34. The molecule has 0 aromatic heterocycles. The first-order valence-corrected chi connectivity index (χ1v) is 16.1. The molecule has 13 nitrogen and oxygen atoms in total. The van der Waals surface area contributed by atoms with Crippen LogP contribution in [0.25, 0.3) is 0 Å². The minimum atomic E-state index is -4.25. The van der Waals surface area contributed by atoms with Gasteiger partial charge in [-0.1, -0.05) is 29.8 Å². The number of aliphatic carboxylic acids is 1. The van der Waals surface area contributed by atoms with Crippen LogP contribution in [0.5, 0.6) is 5.75 Å². The van der Waals surface area contributed by atoms with Gasteiger partial charge in [-0.25, -0.2) is 26.4 Å². The number of ether oxygens (including phenoxy) is 2. The van der Waals surface area contributed by atoms with Crippen molar-refractivity contribution in [1.29, 1.82) is 0 Å². The van der Waals surface area contributed by atoms with E-state index in [1.54, 1.807) is 19.1 Å². The Morgan fingerprint density at radius 2 is 1.68 bits per heavy atom. The van der Waals surface area contributed by atoms with Crippen molar-refractivity contribution in [2.24, 2.45) is 0 Å². The zero-order valence-electron chi connectivity index (χ0n) is 22.3. The second-order valence-electron chi connectivity index (χ2n) is 9.77. The maximum absolute atomic E-state index is 13.3. The van der Waals surface area contributed by atoms with Crippen LogP contribution in [0.3, 0.4) is 0 Å². The lowest BCUT2D eigenvalue weighted by molar-refractivity contribution is -0.142. The van der Waals surface area contributed by atoms with Crippen LogP contribution in [0, 0.1) is 6.92 Å². The first-order chi connectivity index (χ1) is 19.4. The minimum Gasteiger partial charge on any atom is -0.480 e. The number of amides is 2. The van der Waals surface area contributed by atoms with Gasteiger partial charge in [-0.15, -0.1) is 0 Å². The molecule has 0 unspecified atom stereocenters. The third kappa shape index (κ3) is 7.61. The summed E-state index contributed by atoms with van der Waals surface area (Å²) in [5.41, 5.74) is 1.29. The van der Waals surface area contributed by atoms with Crippen LogP contribution in [0.2, 0.25) is 0 Å². The monoisotopic (exact) mass is 609 g/mol. The first-order valence-electron chi connectivity index (χ1n) is 12.8.